The van der Waals surface area contributed by atoms with E-state index in [1.807, 2.05) is 12.1 Å². The van der Waals surface area contributed by atoms with Gasteiger partial charge in [0, 0.05) is 29.3 Å². The number of unbranched alkanes of at least 4 members (excludes halogenated alkanes) is 18. The van der Waals surface area contributed by atoms with Crippen LogP contribution in [0.3, 0.4) is 0 Å². The summed E-state index contributed by atoms with van der Waals surface area (Å²) in [5.41, 5.74) is 4.31. The van der Waals surface area contributed by atoms with Crippen LogP contribution >= 0.6 is 45.3 Å². The molecule has 0 saturated carbocycles. The van der Waals surface area contributed by atoms with Crippen LogP contribution < -0.4 is 20.1 Å². The molecular formula is C58H68N2O4S4. The van der Waals surface area contributed by atoms with E-state index in [-0.39, 0.29) is 11.8 Å². The van der Waals surface area contributed by atoms with E-state index in [1.54, 1.807) is 45.3 Å². The molecule has 2 aromatic carbocycles. The van der Waals surface area contributed by atoms with Crippen molar-refractivity contribution in [2.24, 2.45) is 0 Å². The van der Waals surface area contributed by atoms with E-state index < -0.39 is 0 Å². The quantitative estimate of drug-likeness (QED) is 0.0441. The van der Waals surface area contributed by atoms with Crippen LogP contribution in [0.1, 0.15) is 152 Å². The summed E-state index contributed by atoms with van der Waals surface area (Å²) in [4.78, 5) is 35.7. The number of benzene rings is 2. The summed E-state index contributed by atoms with van der Waals surface area (Å²) >= 11 is 6.65. The topological polar surface area (TPSA) is 76.7 Å². The van der Waals surface area contributed by atoms with Crippen LogP contribution in [-0.4, -0.2) is 25.0 Å². The number of amides is 2. The maximum atomic E-state index is 13.6. The minimum absolute atomic E-state index is 0.253. The van der Waals surface area contributed by atoms with Gasteiger partial charge in [0.1, 0.15) is 11.5 Å². The minimum Gasteiger partial charge on any atom is -0.494 e. The molecule has 2 N–H and O–H groups in total. The molecule has 6 nitrogen and oxygen atoms in total. The summed E-state index contributed by atoms with van der Waals surface area (Å²) in [6, 6.07) is 33.6. The molecule has 358 valence electrons. The summed E-state index contributed by atoms with van der Waals surface area (Å²) in [5.74, 6) is 1.33. The standard InChI is InChI=1S/C58H68N2O4S4/c1-3-5-7-9-11-13-15-17-19-21-39-63-43-27-23-41(24-28-43)45-31-33-47(65-45)49-35-37-51(67-49)55-53-54(58(62)59-55)56(60-57(53)61)52-38-36-50(68-52)48-34-32-46(66-48)42-25-29-44(30-26-42)64-40-22-20-18-16-14-12-10-8-6-4-2/h23-38H,3-22,39-40H2,1-2H3,(H,59,62)(H,60,61). The lowest BCUT2D eigenvalue weighted by atomic mass is 10.1. The summed E-state index contributed by atoms with van der Waals surface area (Å²) in [6.07, 6.45) is 26.3. The van der Waals surface area contributed by atoms with Crippen molar-refractivity contribution >= 4 is 68.6 Å². The van der Waals surface area contributed by atoms with Crippen molar-refractivity contribution in [2.75, 3.05) is 13.2 Å². The third kappa shape index (κ3) is 13.3. The second-order valence-electron chi connectivity index (χ2n) is 18.2. The van der Waals surface area contributed by atoms with Gasteiger partial charge in [-0.2, -0.15) is 0 Å². The number of carbonyl (C=O) groups is 2. The number of rotatable bonds is 30. The number of nitrogens with one attached hydrogen (secondary N) is 2. The van der Waals surface area contributed by atoms with Crippen molar-refractivity contribution < 1.29 is 19.1 Å². The molecule has 0 bridgehead atoms. The summed E-state index contributed by atoms with van der Waals surface area (Å²) in [6.45, 7) is 6.07. The van der Waals surface area contributed by atoms with Crippen molar-refractivity contribution in [1.29, 1.82) is 0 Å². The molecular weight excluding hydrogens is 917 g/mol. The smallest absolute Gasteiger partial charge is 0.258 e. The van der Waals surface area contributed by atoms with E-state index in [0.29, 0.717) is 22.5 Å². The molecule has 4 aromatic heterocycles. The van der Waals surface area contributed by atoms with Crippen molar-refractivity contribution in [2.45, 2.75) is 142 Å². The lowest BCUT2D eigenvalue weighted by Crippen LogP contribution is -2.20. The number of thiophene rings is 4. The lowest BCUT2D eigenvalue weighted by Gasteiger charge is -2.07. The third-order valence-electron chi connectivity index (χ3n) is 12.9. The maximum Gasteiger partial charge on any atom is 0.258 e. The predicted octanol–water partition coefficient (Wildman–Crippen LogP) is 17.6. The maximum absolute atomic E-state index is 13.6. The average molecular weight is 985 g/mol. The highest BCUT2D eigenvalue weighted by Crippen LogP contribution is 2.45. The van der Waals surface area contributed by atoms with Gasteiger partial charge >= 0.3 is 0 Å². The molecule has 0 saturated heterocycles. The molecule has 0 spiro atoms. The molecule has 2 aliphatic heterocycles. The number of carbonyl (C=O) groups excluding carboxylic acids is 2. The van der Waals surface area contributed by atoms with E-state index in [4.69, 9.17) is 9.47 Å². The number of ether oxygens (including phenoxy) is 2. The van der Waals surface area contributed by atoms with Crippen LogP contribution in [0.25, 0.3) is 51.8 Å². The highest BCUT2D eigenvalue weighted by Gasteiger charge is 2.41. The molecule has 6 heterocycles. The lowest BCUT2D eigenvalue weighted by molar-refractivity contribution is -0.117. The van der Waals surface area contributed by atoms with Crippen molar-refractivity contribution in [3.63, 3.8) is 0 Å². The van der Waals surface area contributed by atoms with Gasteiger partial charge in [-0.25, -0.2) is 0 Å². The fourth-order valence-electron chi connectivity index (χ4n) is 9.00. The predicted molar refractivity (Wildman–Crippen MR) is 291 cm³/mol. The molecule has 6 aromatic rings. The molecule has 10 heteroatoms. The van der Waals surface area contributed by atoms with Crippen molar-refractivity contribution in [3.8, 4) is 51.9 Å². The molecule has 68 heavy (non-hydrogen) atoms. The molecule has 2 aliphatic rings. The van der Waals surface area contributed by atoms with Gasteiger partial charge in [0.25, 0.3) is 11.8 Å². The Labute approximate surface area is 420 Å². The zero-order chi connectivity index (χ0) is 46.9. The summed E-state index contributed by atoms with van der Waals surface area (Å²) in [5, 5.41) is 6.11. The Hall–Kier alpha value is -4.74. The molecule has 2 amide bonds. The SMILES string of the molecule is CCCCCCCCCCCCOc1ccc(-c2ccc(-c3ccc(C4=C5C(=O)NC(c6ccc(-c7ccc(-c8ccc(OCCCCCCCCCCCC)cc8)s7)s6)=C5C(=O)N4)s3)s2)cc1. The van der Waals surface area contributed by atoms with Crippen molar-refractivity contribution in [3.05, 3.63) is 118 Å². The average Bonchev–Trinajstić information content (AvgIpc) is 4.23. The number of hydrogen-bond acceptors (Lipinski definition) is 8. The van der Waals surface area contributed by atoms with E-state index in [2.05, 4.69) is 109 Å². The fourth-order valence-corrected chi connectivity index (χ4v) is 13.2. The van der Waals surface area contributed by atoms with Gasteiger partial charge in [0.15, 0.2) is 0 Å². The Morgan fingerprint density at radius 2 is 0.618 bits per heavy atom. The fraction of sp³-hybridized carbons (Fsp3) is 0.414. The highest BCUT2D eigenvalue weighted by molar-refractivity contribution is 7.25. The highest BCUT2D eigenvalue weighted by atomic mass is 32.1. The van der Waals surface area contributed by atoms with Gasteiger partial charge in [-0.3, -0.25) is 9.59 Å². The van der Waals surface area contributed by atoms with Crippen LogP contribution in [0.2, 0.25) is 0 Å². The zero-order valence-corrected chi connectivity index (χ0v) is 43.3. The van der Waals surface area contributed by atoms with Gasteiger partial charge in [-0.1, -0.05) is 129 Å². The Kier molecular flexibility index (Phi) is 18.8. The first kappa shape index (κ1) is 49.7. The van der Waals surface area contributed by atoms with Gasteiger partial charge < -0.3 is 20.1 Å². The monoisotopic (exact) mass is 984 g/mol. The van der Waals surface area contributed by atoms with E-state index >= 15 is 0 Å². The first-order valence-electron chi connectivity index (χ1n) is 25.5. The van der Waals surface area contributed by atoms with Crippen LogP contribution in [0.5, 0.6) is 11.5 Å². The second kappa shape index (κ2) is 25.7. The zero-order valence-electron chi connectivity index (χ0n) is 40.1. The molecule has 0 aliphatic carbocycles. The van der Waals surface area contributed by atoms with Crippen molar-refractivity contribution in [1.82, 2.24) is 10.6 Å². The molecule has 8 rings (SSSR count). The first-order chi connectivity index (χ1) is 33.5. The summed E-state index contributed by atoms with van der Waals surface area (Å²) in [7, 11) is 0. The minimum atomic E-state index is -0.253. The van der Waals surface area contributed by atoms with Crippen LogP contribution in [0.15, 0.2) is 108 Å². The van der Waals surface area contributed by atoms with Crippen LogP contribution in [0, 0.1) is 0 Å². The Balaban J connectivity index is 0.822. The number of hydrogen-bond donors (Lipinski definition) is 2. The second-order valence-corrected chi connectivity index (χ2v) is 22.5. The first-order valence-corrected chi connectivity index (χ1v) is 28.7. The molecule has 0 atom stereocenters. The van der Waals surface area contributed by atoms with Crippen LogP contribution in [0.4, 0.5) is 0 Å². The number of fused-ring (bicyclic) bond motifs is 1. The largest absolute Gasteiger partial charge is 0.494 e. The molecule has 0 fully saturated rings. The Morgan fingerprint density at radius 1 is 0.338 bits per heavy atom. The molecule has 0 radical (unpaired) electrons. The Morgan fingerprint density at radius 3 is 0.956 bits per heavy atom. The van der Waals surface area contributed by atoms with Gasteiger partial charge in [-0.05, 0) is 121 Å². The van der Waals surface area contributed by atoms with E-state index in [0.717, 1.165) is 77.9 Å². The Bertz CT molecular complexity index is 2430. The normalized spacial score (nSPS) is 13.4. The van der Waals surface area contributed by atoms with E-state index in [9.17, 15) is 9.59 Å². The third-order valence-corrected chi connectivity index (χ3v) is 17.8. The van der Waals surface area contributed by atoms with Crippen LogP contribution in [-0.2, 0) is 9.59 Å². The van der Waals surface area contributed by atoms with Gasteiger partial charge in [0.05, 0.1) is 45.5 Å². The van der Waals surface area contributed by atoms with Gasteiger partial charge in [0.2, 0.25) is 0 Å². The van der Waals surface area contributed by atoms with Gasteiger partial charge in [-0.15, -0.1) is 45.3 Å². The van der Waals surface area contributed by atoms with E-state index in [1.165, 1.54) is 125 Å². The molecule has 0 unspecified atom stereocenters. The summed E-state index contributed by atoms with van der Waals surface area (Å²) < 4.78 is 12.1.